The molecule has 0 radical (unpaired) electrons. The minimum Gasteiger partial charge on any atom is -0.324 e. The number of hydrogen-bond donors (Lipinski definition) is 2. The zero-order valence-electron chi connectivity index (χ0n) is 13.7. The Labute approximate surface area is 146 Å². The molecule has 1 saturated heterocycles. The van der Waals surface area contributed by atoms with Crippen LogP contribution in [0.4, 0.5) is 5.69 Å². The number of aryl methyl sites for hydroxylation is 1. The van der Waals surface area contributed by atoms with Gasteiger partial charge in [-0.1, -0.05) is 6.07 Å². The summed E-state index contributed by atoms with van der Waals surface area (Å²) in [5, 5.41) is 10.5. The zero-order chi connectivity index (χ0) is 17.5. The van der Waals surface area contributed by atoms with E-state index in [0.29, 0.717) is 29.8 Å². The van der Waals surface area contributed by atoms with Gasteiger partial charge in [0.25, 0.3) is 5.91 Å². The lowest BCUT2D eigenvalue weighted by Crippen LogP contribution is -2.52. The van der Waals surface area contributed by atoms with Crippen LogP contribution >= 0.6 is 0 Å². The van der Waals surface area contributed by atoms with E-state index >= 15 is 0 Å². The summed E-state index contributed by atoms with van der Waals surface area (Å²) >= 11 is 0. The molecular formula is C17H20N4O3S. The first kappa shape index (κ1) is 16.3. The number of benzene rings is 1. The quantitative estimate of drug-likeness (QED) is 0.849. The van der Waals surface area contributed by atoms with E-state index in [1.54, 1.807) is 41.3 Å². The average molecular weight is 360 g/mol. The van der Waals surface area contributed by atoms with E-state index in [9.17, 15) is 13.2 Å². The van der Waals surface area contributed by atoms with Crippen molar-refractivity contribution in [2.75, 3.05) is 24.2 Å². The van der Waals surface area contributed by atoms with Gasteiger partial charge in [-0.05, 0) is 56.1 Å². The van der Waals surface area contributed by atoms with Gasteiger partial charge in [-0.2, -0.15) is 5.10 Å². The topological polar surface area (TPSA) is 93.1 Å². The van der Waals surface area contributed by atoms with Crippen molar-refractivity contribution >= 4 is 21.4 Å². The molecule has 1 aromatic carbocycles. The molecule has 0 bridgehead atoms. The third kappa shape index (κ3) is 2.75. The lowest BCUT2D eigenvalue weighted by molar-refractivity contribution is -0.126. The van der Waals surface area contributed by atoms with Gasteiger partial charge in [0, 0.05) is 18.1 Å². The highest BCUT2D eigenvalue weighted by Gasteiger charge is 2.42. The predicted molar refractivity (Wildman–Crippen MR) is 93.1 cm³/mol. The summed E-state index contributed by atoms with van der Waals surface area (Å²) in [6, 6.07) is 6.94. The molecule has 25 heavy (non-hydrogen) atoms. The van der Waals surface area contributed by atoms with Crippen LogP contribution in [0.25, 0.3) is 0 Å². The Bertz CT molecular complexity index is 900. The predicted octanol–water partition coefficient (Wildman–Crippen LogP) is 0.930. The molecule has 0 unspecified atom stereocenters. The highest BCUT2D eigenvalue weighted by atomic mass is 32.2. The molecule has 2 aromatic rings. The number of sulfone groups is 1. The number of anilines is 1. The van der Waals surface area contributed by atoms with Crippen LogP contribution in [0.1, 0.15) is 18.4 Å². The molecule has 7 nitrogen and oxygen atoms in total. The van der Waals surface area contributed by atoms with E-state index in [0.717, 1.165) is 18.7 Å². The number of nitrogens with zero attached hydrogens (tertiary/aromatic N) is 2. The maximum absolute atomic E-state index is 13.1. The molecule has 4 rings (SSSR count). The maximum atomic E-state index is 13.1. The van der Waals surface area contributed by atoms with Crippen LogP contribution in [0, 0.1) is 0 Å². The van der Waals surface area contributed by atoms with Crippen LogP contribution in [-0.4, -0.2) is 42.9 Å². The summed E-state index contributed by atoms with van der Waals surface area (Å²) in [6.45, 7) is 1.46. The first-order valence-corrected chi connectivity index (χ1v) is 10.0. The van der Waals surface area contributed by atoms with Crippen molar-refractivity contribution < 1.29 is 13.2 Å². The molecule has 0 aliphatic carbocycles. The van der Waals surface area contributed by atoms with Crippen molar-refractivity contribution in [2.24, 2.45) is 0 Å². The first-order chi connectivity index (χ1) is 12.0. The van der Waals surface area contributed by atoms with Gasteiger partial charge in [-0.25, -0.2) is 8.42 Å². The lowest BCUT2D eigenvalue weighted by atomic mass is 9.87. The van der Waals surface area contributed by atoms with Crippen molar-refractivity contribution in [3.05, 3.63) is 42.2 Å². The van der Waals surface area contributed by atoms with Crippen molar-refractivity contribution in [1.29, 1.82) is 0 Å². The lowest BCUT2D eigenvalue weighted by Gasteiger charge is -2.36. The van der Waals surface area contributed by atoms with Crippen molar-refractivity contribution in [3.8, 4) is 0 Å². The molecule has 0 saturated carbocycles. The Balaban J connectivity index is 1.65. The van der Waals surface area contributed by atoms with E-state index in [1.807, 2.05) is 0 Å². The van der Waals surface area contributed by atoms with E-state index in [1.165, 1.54) is 0 Å². The number of aromatic nitrogens is 2. The number of hydrogen-bond acceptors (Lipinski definition) is 5. The summed E-state index contributed by atoms with van der Waals surface area (Å²) in [4.78, 5) is 13.4. The Hall–Kier alpha value is -2.19. The van der Waals surface area contributed by atoms with Gasteiger partial charge < -0.3 is 10.6 Å². The molecule has 2 aliphatic rings. The number of piperidine rings is 1. The monoisotopic (exact) mass is 360 g/mol. The molecule has 0 atom stereocenters. The van der Waals surface area contributed by atoms with E-state index < -0.39 is 15.4 Å². The van der Waals surface area contributed by atoms with Gasteiger partial charge in [0.05, 0.1) is 10.6 Å². The average Bonchev–Trinajstić information content (AvgIpc) is 3.25. The van der Waals surface area contributed by atoms with Gasteiger partial charge in [-0.15, -0.1) is 0 Å². The van der Waals surface area contributed by atoms with Gasteiger partial charge >= 0.3 is 0 Å². The van der Waals surface area contributed by atoms with Gasteiger partial charge in [0.1, 0.15) is 5.54 Å². The minimum atomic E-state index is -3.23. The molecule has 0 spiro atoms. The van der Waals surface area contributed by atoms with Crippen molar-refractivity contribution in [1.82, 2.24) is 15.1 Å². The molecule has 132 valence electrons. The minimum absolute atomic E-state index is 0.141. The number of carbonyl (C=O) groups is 1. The number of fused-ring (bicyclic) bond motifs is 1. The normalized spacial score (nSPS) is 20.8. The molecular weight excluding hydrogens is 340 g/mol. The SMILES string of the molecule is O=C(Nc1ccc2c(c1)S(=O)(=O)CC2)C1(n2cccn2)CCNCC1. The van der Waals surface area contributed by atoms with Gasteiger partial charge in [0.15, 0.2) is 9.84 Å². The fourth-order valence-corrected chi connectivity index (χ4v) is 5.24. The van der Waals surface area contributed by atoms with E-state index in [2.05, 4.69) is 15.7 Å². The second kappa shape index (κ2) is 5.96. The Kier molecular flexibility index (Phi) is 3.88. The second-order valence-electron chi connectivity index (χ2n) is 6.58. The summed E-state index contributed by atoms with van der Waals surface area (Å²) in [6.07, 6.45) is 5.26. The number of carbonyl (C=O) groups excluding carboxylic acids is 1. The molecule has 2 aliphatic heterocycles. The molecule has 1 amide bonds. The molecule has 8 heteroatoms. The molecule has 1 fully saturated rings. The smallest absolute Gasteiger partial charge is 0.252 e. The third-order valence-electron chi connectivity index (χ3n) is 5.10. The highest BCUT2D eigenvalue weighted by Crippen LogP contribution is 2.31. The summed E-state index contributed by atoms with van der Waals surface area (Å²) in [5.74, 6) is -0.0177. The van der Waals surface area contributed by atoms with E-state index in [-0.39, 0.29) is 11.7 Å². The fourth-order valence-electron chi connectivity index (χ4n) is 3.65. The zero-order valence-corrected chi connectivity index (χ0v) is 14.6. The van der Waals surface area contributed by atoms with Crippen molar-refractivity contribution in [3.63, 3.8) is 0 Å². The van der Waals surface area contributed by atoms with Crippen LogP contribution in [0.15, 0.2) is 41.6 Å². The molecule has 3 heterocycles. The van der Waals surface area contributed by atoms with E-state index in [4.69, 9.17) is 0 Å². The maximum Gasteiger partial charge on any atom is 0.252 e. The number of nitrogens with one attached hydrogen (secondary N) is 2. The third-order valence-corrected chi connectivity index (χ3v) is 6.89. The second-order valence-corrected chi connectivity index (χ2v) is 8.66. The van der Waals surface area contributed by atoms with Crippen LogP contribution in [-0.2, 0) is 26.6 Å². The van der Waals surface area contributed by atoms with Crippen LogP contribution in [0.3, 0.4) is 0 Å². The standard InChI is InChI=1S/C17H20N4O3S/c22-16(17(5-8-18-9-6-17)21-10-1-7-19-21)20-14-3-2-13-4-11-25(23,24)15(13)12-14/h1-3,7,10,12,18H,4-6,8-9,11H2,(H,20,22). The van der Waals surface area contributed by atoms with Gasteiger partial charge in [0.2, 0.25) is 0 Å². The molecule has 2 N–H and O–H groups in total. The summed E-state index contributed by atoms with van der Waals surface area (Å²) in [7, 11) is -3.23. The van der Waals surface area contributed by atoms with Gasteiger partial charge in [-0.3, -0.25) is 9.48 Å². The number of rotatable bonds is 3. The Morgan fingerprint density at radius 3 is 2.80 bits per heavy atom. The first-order valence-electron chi connectivity index (χ1n) is 8.39. The Morgan fingerprint density at radius 1 is 1.28 bits per heavy atom. The van der Waals surface area contributed by atoms with Crippen LogP contribution < -0.4 is 10.6 Å². The fraction of sp³-hybridized carbons (Fsp3) is 0.412. The largest absolute Gasteiger partial charge is 0.324 e. The molecule has 1 aromatic heterocycles. The summed E-state index contributed by atoms with van der Waals surface area (Å²) < 4.78 is 25.9. The highest BCUT2D eigenvalue weighted by molar-refractivity contribution is 7.91. The number of amides is 1. The van der Waals surface area contributed by atoms with Crippen LogP contribution in [0.5, 0.6) is 0 Å². The van der Waals surface area contributed by atoms with Crippen LogP contribution in [0.2, 0.25) is 0 Å². The van der Waals surface area contributed by atoms with Crippen molar-refractivity contribution in [2.45, 2.75) is 29.7 Å². The Morgan fingerprint density at radius 2 is 2.08 bits per heavy atom. The summed E-state index contributed by atoms with van der Waals surface area (Å²) in [5.41, 5.74) is 0.577.